The Balaban J connectivity index is 2.82. The van der Waals surface area contributed by atoms with Gasteiger partial charge in [-0.3, -0.25) is 9.98 Å². The molecule has 0 bridgehead atoms. The summed E-state index contributed by atoms with van der Waals surface area (Å²) in [6, 6.07) is 0. The maximum absolute atomic E-state index is 5.69. The fraction of sp³-hybridized carbons (Fsp3) is 0.714. The third-order valence-electron chi connectivity index (χ3n) is 1.66. The minimum absolute atomic E-state index is 0.0611. The molecule has 1 rings (SSSR count). The summed E-state index contributed by atoms with van der Waals surface area (Å²) in [5.41, 5.74) is -0.990. The van der Waals surface area contributed by atoms with E-state index in [1.165, 1.54) is 12.4 Å². The van der Waals surface area contributed by atoms with Crippen LogP contribution in [0.3, 0.4) is 0 Å². The maximum Gasteiger partial charge on any atom is 0.194 e. The van der Waals surface area contributed by atoms with E-state index in [0.717, 1.165) is 0 Å². The van der Waals surface area contributed by atoms with Crippen LogP contribution < -0.4 is 0 Å². The molecule has 1 aliphatic rings. The molecule has 0 aliphatic carbocycles. The molecule has 8 heteroatoms. The fourth-order valence-electron chi connectivity index (χ4n) is 1.26. The van der Waals surface area contributed by atoms with Crippen molar-refractivity contribution in [3.8, 4) is 0 Å². The monoisotopic (exact) mass is 328 g/mol. The van der Waals surface area contributed by atoms with Gasteiger partial charge in [-0.05, 0) is 0 Å². The van der Waals surface area contributed by atoms with Gasteiger partial charge in [0.05, 0.1) is 0 Å². The number of aliphatic imine (C=N–C) groups is 2. The van der Waals surface area contributed by atoms with Crippen molar-refractivity contribution in [3.05, 3.63) is 0 Å². The smallest absolute Gasteiger partial charge is 0.194 e. The van der Waals surface area contributed by atoms with Crippen LogP contribution in [-0.2, 0) is 0 Å². The van der Waals surface area contributed by atoms with Crippen molar-refractivity contribution in [2.45, 2.75) is 26.1 Å². The lowest BCUT2D eigenvalue weighted by Crippen LogP contribution is -2.32. The Morgan fingerprint density at radius 3 is 1.40 bits per heavy atom. The number of rotatable bonds is 2. The summed E-state index contributed by atoms with van der Waals surface area (Å²) < 4.78 is -2.98. The Kier molecular flexibility index (Phi) is 4.48. The molecule has 0 atom stereocenters. The largest absolute Gasteiger partial charge is 0.261 e. The first kappa shape index (κ1) is 14.1. The van der Waals surface area contributed by atoms with E-state index in [-0.39, 0.29) is 12.8 Å². The molecule has 0 aromatic rings. The topological polar surface area (TPSA) is 24.7 Å². The van der Waals surface area contributed by atoms with Gasteiger partial charge in [-0.25, -0.2) is 0 Å². The first-order valence-corrected chi connectivity index (χ1v) is 6.11. The van der Waals surface area contributed by atoms with Crippen LogP contribution in [0.4, 0.5) is 0 Å². The van der Waals surface area contributed by atoms with E-state index >= 15 is 0 Å². The number of hydrogen-bond acceptors (Lipinski definition) is 2. The van der Waals surface area contributed by atoms with E-state index in [9.17, 15) is 0 Å². The van der Waals surface area contributed by atoms with Gasteiger partial charge in [-0.1, -0.05) is 69.6 Å². The molecule has 0 radical (unpaired) electrons. The Morgan fingerprint density at radius 1 is 0.800 bits per heavy atom. The minimum atomic E-state index is -1.49. The lowest BCUT2D eigenvalue weighted by atomic mass is 10.1. The highest BCUT2D eigenvalue weighted by Gasteiger charge is 2.43. The summed E-state index contributed by atoms with van der Waals surface area (Å²) in [4.78, 5) is 8.17. The summed E-state index contributed by atoms with van der Waals surface area (Å²) in [7, 11) is 0. The maximum atomic E-state index is 5.69. The van der Waals surface area contributed by atoms with E-state index < -0.39 is 13.2 Å². The van der Waals surface area contributed by atoms with Crippen molar-refractivity contribution >= 4 is 82.0 Å². The molecule has 2 nitrogen and oxygen atoms in total. The Hall–Kier alpha value is 1.08. The summed E-state index contributed by atoms with van der Waals surface area (Å²) in [5.74, 6) is 0. The molecule has 0 amide bonds. The number of alkyl halides is 6. The van der Waals surface area contributed by atoms with Crippen molar-refractivity contribution < 1.29 is 0 Å². The Labute approximate surface area is 118 Å². The van der Waals surface area contributed by atoms with Crippen LogP contribution in [0.1, 0.15) is 12.8 Å². The molecule has 0 saturated heterocycles. The SMILES string of the molecule is ClC(Cl)(Cl)CC1(CC(Cl)(Cl)Cl)N=CC=N1. The number of halogens is 6. The van der Waals surface area contributed by atoms with Crippen molar-refractivity contribution in [2.24, 2.45) is 9.98 Å². The Morgan fingerprint density at radius 2 is 1.13 bits per heavy atom. The third-order valence-corrected chi connectivity index (χ3v) is 2.47. The van der Waals surface area contributed by atoms with Gasteiger partial charge in [0.2, 0.25) is 0 Å². The molecule has 0 saturated carbocycles. The van der Waals surface area contributed by atoms with Gasteiger partial charge in [0, 0.05) is 25.3 Å². The predicted octanol–water partition coefficient (Wildman–Crippen LogP) is 4.36. The number of hydrogen-bond donors (Lipinski definition) is 0. The summed E-state index contributed by atoms with van der Waals surface area (Å²) in [6.07, 6.45) is 3.11. The second-order valence-electron chi connectivity index (χ2n) is 3.12. The molecule has 0 fully saturated rings. The van der Waals surface area contributed by atoms with E-state index in [2.05, 4.69) is 9.98 Å². The van der Waals surface area contributed by atoms with Gasteiger partial charge in [-0.15, -0.1) is 0 Å². The van der Waals surface area contributed by atoms with Crippen LogP contribution >= 0.6 is 69.6 Å². The van der Waals surface area contributed by atoms with Gasteiger partial charge >= 0.3 is 0 Å². The molecule has 0 N–H and O–H groups in total. The zero-order valence-electron chi connectivity index (χ0n) is 7.23. The first-order chi connectivity index (χ1) is 6.62. The third kappa shape index (κ3) is 5.29. The van der Waals surface area contributed by atoms with Crippen molar-refractivity contribution in [1.29, 1.82) is 0 Å². The van der Waals surface area contributed by atoms with E-state index in [1.54, 1.807) is 0 Å². The van der Waals surface area contributed by atoms with Gasteiger partial charge in [-0.2, -0.15) is 0 Å². The fourth-order valence-corrected chi connectivity index (χ4v) is 2.55. The molecule has 0 aromatic carbocycles. The van der Waals surface area contributed by atoms with Crippen LogP contribution in [-0.4, -0.2) is 25.7 Å². The molecule has 0 unspecified atom stereocenters. The highest BCUT2D eigenvalue weighted by atomic mass is 35.6. The van der Waals surface area contributed by atoms with E-state index in [1.807, 2.05) is 0 Å². The molecule has 1 heterocycles. The molecule has 1 aliphatic heterocycles. The van der Waals surface area contributed by atoms with Crippen LogP contribution in [0.15, 0.2) is 9.98 Å². The van der Waals surface area contributed by atoms with Crippen molar-refractivity contribution in [1.82, 2.24) is 0 Å². The highest BCUT2D eigenvalue weighted by molar-refractivity contribution is 6.68. The molecule has 15 heavy (non-hydrogen) atoms. The average molecular weight is 331 g/mol. The van der Waals surface area contributed by atoms with Gasteiger partial charge in [0.1, 0.15) is 0 Å². The lowest BCUT2D eigenvalue weighted by molar-refractivity contribution is 0.402. The van der Waals surface area contributed by atoms with Gasteiger partial charge in [0.25, 0.3) is 0 Å². The van der Waals surface area contributed by atoms with E-state index in [0.29, 0.717) is 0 Å². The molecular weight excluding hydrogens is 325 g/mol. The van der Waals surface area contributed by atoms with Crippen molar-refractivity contribution in [2.75, 3.05) is 0 Å². The zero-order chi connectivity index (χ0) is 11.7. The summed E-state index contributed by atoms with van der Waals surface area (Å²) >= 11 is 34.1. The van der Waals surface area contributed by atoms with Crippen LogP contribution in [0, 0.1) is 0 Å². The van der Waals surface area contributed by atoms with Crippen molar-refractivity contribution in [3.63, 3.8) is 0 Å². The lowest BCUT2D eigenvalue weighted by Gasteiger charge is -2.29. The summed E-state index contributed by atoms with van der Waals surface area (Å²) in [6.45, 7) is 0. The molecule has 0 spiro atoms. The average Bonchev–Trinajstić information content (AvgIpc) is 2.27. The molecule has 86 valence electrons. The summed E-state index contributed by atoms with van der Waals surface area (Å²) in [5, 5.41) is 0. The van der Waals surface area contributed by atoms with Crippen LogP contribution in [0.5, 0.6) is 0 Å². The van der Waals surface area contributed by atoms with Crippen LogP contribution in [0.25, 0.3) is 0 Å². The van der Waals surface area contributed by atoms with Crippen LogP contribution in [0.2, 0.25) is 0 Å². The molecule has 0 aromatic heterocycles. The zero-order valence-corrected chi connectivity index (χ0v) is 11.8. The quantitative estimate of drug-likeness (QED) is 0.672. The van der Waals surface area contributed by atoms with Gasteiger partial charge < -0.3 is 0 Å². The van der Waals surface area contributed by atoms with E-state index in [4.69, 9.17) is 69.6 Å². The first-order valence-electron chi connectivity index (χ1n) is 3.85. The minimum Gasteiger partial charge on any atom is -0.261 e. The standard InChI is InChI=1S/C7H6Cl6N2/c8-6(9,10)3-5(4-7(11,12)13)14-1-2-15-5/h1-2H,3-4H2. The number of nitrogens with zero attached hydrogens (tertiary/aromatic N) is 2. The normalized spacial score (nSPS) is 19.9. The Bertz CT molecular complexity index is 257. The predicted molar refractivity (Wildman–Crippen MR) is 69.5 cm³/mol. The second kappa shape index (κ2) is 4.75. The van der Waals surface area contributed by atoms with Gasteiger partial charge in [0.15, 0.2) is 13.2 Å². The molecular formula is C7H6Cl6N2. The highest BCUT2D eigenvalue weighted by Crippen LogP contribution is 2.45. The second-order valence-corrected chi connectivity index (χ2v) is 8.15.